The molecule has 2 aromatic rings. The zero-order valence-electron chi connectivity index (χ0n) is 14.4. The van der Waals surface area contributed by atoms with Gasteiger partial charge in [-0.25, -0.2) is 4.98 Å². The van der Waals surface area contributed by atoms with Crippen LogP contribution in [-0.4, -0.2) is 39.9 Å². The van der Waals surface area contributed by atoms with Crippen molar-refractivity contribution in [3.63, 3.8) is 0 Å². The molecule has 8 nitrogen and oxygen atoms in total. The highest BCUT2D eigenvalue weighted by molar-refractivity contribution is 5.25. The fourth-order valence-corrected chi connectivity index (χ4v) is 3.33. The second-order valence-electron chi connectivity index (χ2n) is 6.94. The van der Waals surface area contributed by atoms with Crippen molar-refractivity contribution in [1.82, 2.24) is 19.7 Å². The van der Waals surface area contributed by atoms with Gasteiger partial charge in [-0.15, -0.1) is 0 Å². The summed E-state index contributed by atoms with van der Waals surface area (Å²) in [4.78, 5) is 23.2. The minimum atomic E-state index is 0.0699. The van der Waals surface area contributed by atoms with Crippen LogP contribution >= 0.6 is 0 Å². The average Bonchev–Trinajstić information content (AvgIpc) is 3.37. The van der Waals surface area contributed by atoms with E-state index in [2.05, 4.69) is 20.0 Å². The van der Waals surface area contributed by atoms with Gasteiger partial charge in [-0.05, 0) is 31.6 Å². The lowest BCUT2D eigenvalue weighted by Gasteiger charge is -2.30. The summed E-state index contributed by atoms with van der Waals surface area (Å²) in [5.74, 6) is 1.54. The molecule has 134 valence electrons. The molecule has 2 aliphatic rings. The fourth-order valence-electron chi connectivity index (χ4n) is 3.33. The zero-order valence-corrected chi connectivity index (χ0v) is 14.4. The van der Waals surface area contributed by atoms with Gasteiger partial charge in [-0.3, -0.25) is 9.36 Å². The molecule has 1 saturated carbocycles. The molecule has 2 fully saturated rings. The van der Waals surface area contributed by atoms with Gasteiger partial charge in [0.1, 0.15) is 6.61 Å². The topological polar surface area (TPSA) is 86.3 Å². The summed E-state index contributed by atoms with van der Waals surface area (Å²) < 4.78 is 12.0. The van der Waals surface area contributed by atoms with E-state index in [-0.39, 0.29) is 5.56 Å². The van der Waals surface area contributed by atoms with Crippen LogP contribution in [0.4, 0.5) is 6.01 Å². The van der Waals surface area contributed by atoms with Gasteiger partial charge in [0.2, 0.25) is 0 Å². The van der Waals surface area contributed by atoms with E-state index in [9.17, 15) is 4.79 Å². The molecule has 1 aliphatic heterocycles. The number of hydrogen-bond donors (Lipinski definition) is 0. The van der Waals surface area contributed by atoms with Crippen molar-refractivity contribution in [2.24, 2.45) is 5.92 Å². The molecular formula is C17H23N5O3. The van der Waals surface area contributed by atoms with E-state index in [1.165, 1.54) is 0 Å². The number of aromatic nitrogens is 4. The quantitative estimate of drug-likeness (QED) is 0.785. The average molecular weight is 345 g/mol. The van der Waals surface area contributed by atoms with Crippen LogP contribution in [0.1, 0.15) is 43.1 Å². The fraction of sp³-hybridized carbons (Fsp3) is 0.647. The molecule has 0 atom stereocenters. The predicted molar refractivity (Wildman–Crippen MR) is 90.4 cm³/mol. The standard InChI is InChI=1S/C17H23N5O3/c1-24-10-15-19-17(25-20-15)21-6-4-12(5-7-21)9-22-11-18-14(8-16(22)23)13-2-3-13/h8,11-13H,2-7,9-10H2,1H3. The highest BCUT2D eigenvalue weighted by atomic mass is 16.5. The monoisotopic (exact) mass is 345 g/mol. The Morgan fingerprint density at radius 1 is 1.28 bits per heavy atom. The van der Waals surface area contributed by atoms with Gasteiger partial charge in [-0.2, -0.15) is 4.98 Å². The largest absolute Gasteiger partial charge is 0.377 e. The summed E-state index contributed by atoms with van der Waals surface area (Å²) in [6.45, 7) is 2.78. The molecule has 0 radical (unpaired) electrons. The van der Waals surface area contributed by atoms with Crippen molar-refractivity contribution in [2.75, 3.05) is 25.1 Å². The molecule has 1 aliphatic carbocycles. The number of anilines is 1. The Morgan fingerprint density at radius 3 is 2.76 bits per heavy atom. The number of rotatable bonds is 6. The van der Waals surface area contributed by atoms with Crippen LogP contribution in [0.15, 0.2) is 21.7 Å². The van der Waals surface area contributed by atoms with Gasteiger partial charge < -0.3 is 14.2 Å². The Kier molecular flexibility index (Phi) is 4.52. The van der Waals surface area contributed by atoms with Gasteiger partial charge in [0.25, 0.3) is 5.56 Å². The maximum atomic E-state index is 12.3. The van der Waals surface area contributed by atoms with Crippen molar-refractivity contribution >= 4 is 6.01 Å². The lowest BCUT2D eigenvalue weighted by Crippen LogP contribution is -2.36. The number of methoxy groups -OCH3 is 1. The molecule has 25 heavy (non-hydrogen) atoms. The van der Waals surface area contributed by atoms with E-state index in [1.54, 1.807) is 24.1 Å². The molecule has 1 saturated heterocycles. The molecule has 0 amide bonds. The molecule has 0 unspecified atom stereocenters. The van der Waals surface area contributed by atoms with Crippen LogP contribution in [0.5, 0.6) is 0 Å². The third-order valence-corrected chi connectivity index (χ3v) is 4.97. The summed E-state index contributed by atoms with van der Waals surface area (Å²) in [7, 11) is 1.61. The smallest absolute Gasteiger partial charge is 0.324 e. The Hall–Kier alpha value is -2.22. The van der Waals surface area contributed by atoms with Gasteiger partial charge in [0.15, 0.2) is 5.82 Å². The molecule has 3 heterocycles. The van der Waals surface area contributed by atoms with Crippen molar-refractivity contribution in [1.29, 1.82) is 0 Å². The Balaban J connectivity index is 1.33. The third-order valence-electron chi connectivity index (χ3n) is 4.97. The van der Waals surface area contributed by atoms with Crippen molar-refractivity contribution < 1.29 is 9.26 Å². The SMILES string of the molecule is COCc1noc(N2CCC(Cn3cnc(C4CC4)cc3=O)CC2)n1. The van der Waals surface area contributed by atoms with E-state index in [0.717, 1.165) is 51.0 Å². The highest BCUT2D eigenvalue weighted by Crippen LogP contribution is 2.38. The van der Waals surface area contributed by atoms with Crippen LogP contribution < -0.4 is 10.5 Å². The van der Waals surface area contributed by atoms with E-state index < -0.39 is 0 Å². The molecule has 8 heteroatoms. The minimum Gasteiger partial charge on any atom is -0.377 e. The maximum Gasteiger partial charge on any atom is 0.324 e. The van der Waals surface area contributed by atoms with E-state index in [4.69, 9.17) is 9.26 Å². The van der Waals surface area contributed by atoms with E-state index >= 15 is 0 Å². The molecular weight excluding hydrogens is 322 g/mol. The predicted octanol–water partition coefficient (Wildman–Crippen LogP) is 1.57. The summed E-state index contributed by atoms with van der Waals surface area (Å²) in [5, 5.41) is 3.90. The molecule has 4 rings (SSSR count). The molecule has 2 aromatic heterocycles. The van der Waals surface area contributed by atoms with Gasteiger partial charge in [0, 0.05) is 38.7 Å². The van der Waals surface area contributed by atoms with Crippen molar-refractivity contribution in [3.05, 3.63) is 34.3 Å². The molecule has 0 aromatic carbocycles. The van der Waals surface area contributed by atoms with Crippen LogP contribution in [0.3, 0.4) is 0 Å². The lowest BCUT2D eigenvalue weighted by atomic mass is 9.97. The first-order chi connectivity index (χ1) is 12.2. The second kappa shape index (κ2) is 6.95. The summed E-state index contributed by atoms with van der Waals surface area (Å²) in [5.41, 5.74) is 1.03. The maximum absolute atomic E-state index is 12.3. The van der Waals surface area contributed by atoms with Gasteiger partial charge >= 0.3 is 6.01 Å². The summed E-state index contributed by atoms with van der Waals surface area (Å²) in [6, 6.07) is 2.26. The van der Waals surface area contributed by atoms with Crippen LogP contribution in [0.2, 0.25) is 0 Å². The van der Waals surface area contributed by atoms with Gasteiger partial charge in [-0.1, -0.05) is 5.16 Å². The number of ether oxygens (including phenoxy) is 1. The summed E-state index contributed by atoms with van der Waals surface area (Å²) >= 11 is 0. The number of nitrogens with zero attached hydrogens (tertiary/aromatic N) is 5. The lowest BCUT2D eigenvalue weighted by molar-refractivity contribution is 0.174. The zero-order chi connectivity index (χ0) is 17.2. The van der Waals surface area contributed by atoms with Crippen molar-refractivity contribution in [3.8, 4) is 0 Å². The van der Waals surface area contributed by atoms with Crippen LogP contribution in [0.25, 0.3) is 0 Å². The minimum absolute atomic E-state index is 0.0699. The summed E-state index contributed by atoms with van der Waals surface area (Å²) in [6.07, 6.45) is 6.02. The first-order valence-corrected chi connectivity index (χ1v) is 8.86. The first kappa shape index (κ1) is 16.3. The number of piperidine rings is 1. The van der Waals surface area contributed by atoms with E-state index in [1.807, 2.05) is 0 Å². The van der Waals surface area contributed by atoms with Crippen LogP contribution in [0, 0.1) is 5.92 Å². The van der Waals surface area contributed by atoms with Crippen LogP contribution in [-0.2, 0) is 17.9 Å². The molecule has 0 bridgehead atoms. The second-order valence-corrected chi connectivity index (χ2v) is 6.94. The van der Waals surface area contributed by atoms with E-state index in [0.29, 0.717) is 30.3 Å². The highest BCUT2D eigenvalue weighted by Gasteiger charge is 2.26. The number of hydrogen-bond acceptors (Lipinski definition) is 7. The Morgan fingerprint density at radius 2 is 2.08 bits per heavy atom. The Bertz CT molecular complexity index is 775. The van der Waals surface area contributed by atoms with Gasteiger partial charge in [0.05, 0.1) is 12.0 Å². The Labute approximate surface area is 145 Å². The normalized spacial score (nSPS) is 18.7. The first-order valence-electron chi connectivity index (χ1n) is 8.86. The third kappa shape index (κ3) is 3.73. The molecule has 0 spiro atoms. The van der Waals surface area contributed by atoms with Crippen molar-refractivity contribution in [2.45, 2.75) is 44.8 Å². The molecule has 0 N–H and O–H groups in total.